The SMILES string of the molecule is CS(=O)CCN1C(=O)NC(=O)C(C2CCCC2)C1=O. The van der Waals surface area contributed by atoms with E-state index >= 15 is 0 Å². The van der Waals surface area contributed by atoms with E-state index < -0.39 is 34.6 Å². The first-order chi connectivity index (χ1) is 9.00. The van der Waals surface area contributed by atoms with Crippen molar-refractivity contribution in [3.8, 4) is 0 Å². The van der Waals surface area contributed by atoms with Gasteiger partial charge in [0.15, 0.2) is 0 Å². The van der Waals surface area contributed by atoms with Crippen molar-refractivity contribution in [2.45, 2.75) is 25.7 Å². The lowest BCUT2D eigenvalue weighted by molar-refractivity contribution is -0.144. The third-order valence-corrected chi connectivity index (χ3v) is 4.52. The van der Waals surface area contributed by atoms with Crippen molar-refractivity contribution in [2.75, 3.05) is 18.6 Å². The second kappa shape index (κ2) is 5.81. The monoisotopic (exact) mass is 286 g/mol. The summed E-state index contributed by atoms with van der Waals surface area (Å²) < 4.78 is 11.1. The molecule has 0 radical (unpaired) electrons. The minimum Gasteiger partial charge on any atom is -0.277 e. The summed E-state index contributed by atoms with van der Waals surface area (Å²) in [5, 5.41) is 2.24. The molecule has 1 saturated carbocycles. The second-order valence-electron chi connectivity index (χ2n) is 5.08. The van der Waals surface area contributed by atoms with Crippen LogP contribution in [-0.4, -0.2) is 45.5 Å². The van der Waals surface area contributed by atoms with Crippen LogP contribution in [0.1, 0.15) is 25.7 Å². The summed E-state index contributed by atoms with van der Waals surface area (Å²) in [7, 11) is -1.08. The Kier molecular flexibility index (Phi) is 4.34. The number of nitrogens with zero attached hydrogens (tertiary/aromatic N) is 1. The Labute approximate surface area is 114 Å². The molecule has 1 N–H and O–H groups in total. The van der Waals surface area contributed by atoms with Crippen molar-refractivity contribution in [3.05, 3.63) is 0 Å². The first-order valence-corrected chi connectivity index (χ1v) is 8.19. The van der Waals surface area contributed by atoms with E-state index in [-0.39, 0.29) is 18.2 Å². The number of nitrogens with one attached hydrogen (secondary N) is 1. The molecular weight excluding hydrogens is 268 g/mol. The molecular formula is C12H18N2O4S. The summed E-state index contributed by atoms with van der Waals surface area (Å²) in [6.45, 7) is 0.101. The number of imide groups is 2. The molecule has 19 heavy (non-hydrogen) atoms. The van der Waals surface area contributed by atoms with E-state index in [0.717, 1.165) is 30.6 Å². The Bertz CT molecular complexity index is 431. The maximum absolute atomic E-state index is 12.3. The Morgan fingerprint density at radius 3 is 2.47 bits per heavy atom. The van der Waals surface area contributed by atoms with Crippen LogP contribution in [0.25, 0.3) is 0 Å². The van der Waals surface area contributed by atoms with Crippen LogP contribution in [0.2, 0.25) is 0 Å². The molecule has 6 nitrogen and oxygen atoms in total. The van der Waals surface area contributed by atoms with Gasteiger partial charge in [-0.2, -0.15) is 0 Å². The lowest BCUT2D eigenvalue weighted by atomic mass is 9.87. The zero-order chi connectivity index (χ0) is 14.0. The molecule has 2 aliphatic rings. The Hall–Kier alpha value is -1.24. The van der Waals surface area contributed by atoms with Crippen LogP contribution >= 0.6 is 0 Å². The van der Waals surface area contributed by atoms with E-state index in [1.54, 1.807) is 0 Å². The van der Waals surface area contributed by atoms with Gasteiger partial charge in [0.05, 0.1) is 0 Å². The molecule has 106 valence electrons. The molecule has 0 spiro atoms. The summed E-state index contributed by atoms with van der Waals surface area (Å²) >= 11 is 0. The standard InChI is InChI=1S/C12H18N2O4S/c1-19(18)7-6-14-11(16)9(8-4-2-3-5-8)10(15)13-12(14)17/h8-9H,2-7H2,1H3,(H,13,15,17). The molecule has 4 amide bonds. The van der Waals surface area contributed by atoms with Crippen LogP contribution < -0.4 is 5.32 Å². The third kappa shape index (κ3) is 3.02. The predicted molar refractivity (Wildman–Crippen MR) is 69.6 cm³/mol. The molecule has 2 atom stereocenters. The smallest absolute Gasteiger partial charge is 0.277 e. The molecule has 7 heteroatoms. The predicted octanol–water partition coefficient (Wildman–Crippen LogP) is 0.250. The van der Waals surface area contributed by atoms with Crippen molar-refractivity contribution in [1.82, 2.24) is 10.2 Å². The van der Waals surface area contributed by atoms with E-state index in [1.807, 2.05) is 0 Å². The maximum Gasteiger partial charge on any atom is 0.330 e. The zero-order valence-electron chi connectivity index (χ0n) is 10.9. The lowest BCUT2D eigenvalue weighted by Crippen LogP contribution is -2.60. The number of rotatable bonds is 4. The van der Waals surface area contributed by atoms with E-state index in [4.69, 9.17) is 0 Å². The lowest BCUT2D eigenvalue weighted by Gasteiger charge is -2.32. The highest BCUT2D eigenvalue weighted by atomic mass is 32.2. The van der Waals surface area contributed by atoms with Gasteiger partial charge in [0.25, 0.3) is 0 Å². The summed E-state index contributed by atoms with van der Waals surface area (Å²) in [5.74, 6) is -1.37. The topological polar surface area (TPSA) is 83.6 Å². The molecule has 0 bridgehead atoms. The van der Waals surface area contributed by atoms with E-state index in [1.165, 1.54) is 6.26 Å². The van der Waals surface area contributed by atoms with Crippen molar-refractivity contribution in [2.24, 2.45) is 11.8 Å². The van der Waals surface area contributed by atoms with Gasteiger partial charge in [-0.05, 0) is 18.8 Å². The molecule has 2 rings (SSSR count). The Morgan fingerprint density at radius 1 is 1.26 bits per heavy atom. The van der Waals surface area contributed by atoms with Gasteiger partial charge in [-0.1, -0.05) is 12.8 Å². The minimum absolute atomic E-state index is 0.0372. The highest BCUT2D eigenvalue weighted by Crippen LogP contribution is 2.33. The summed E-state index contributed by atoms with van der Waals surface area (Å²) in [6.07, 6.45) is 5.27. The minimum atomic E-state index is -1.08. The highest BCUT2D eigenvalue weighted by Gasteiger charge is 2.44. The number of carbonyl (C=O) groups is 3. The summed E-state index contributed by atoms with van der Waals surface area (Å²) in [6, 6.07) is -0.685. The van der Waals surface area contributed by atoms with Gasteiger partial charge in [0.1, 0.15) is 5.92 Å². The number of carbonyl (C=O) groups excluding carboxylic acids is 3. The summed E-state index contributed by atoms with van der Waals surface area (Å²) in [4.78, 5) is 36.8. The van der Waals surface area contributed by atoms with Crippen molar-refractivity contribution in [1.29, 1.82) is 0 Å². The number of hydrogen-bond donors (Lipinski definition) is 1. The summed E-state index contributed by atoms with van der Waals surface area (Å²) in [5.41, 5.74) is 0. The number of urea groups is 1. The van der Waals surface area contributed by atoms with Gasteiger partial charge in [0.2, 0.25) is 11.8 Å². The third-order valence-electron chi connectivity index (χ3n) is 3.76. The van der Waals surface area contributed by atoms with Crippen molar-refractivity contribution >= 4 is 28.6 Å². The number of hydrogen-bond acceptors (Lipinski definition) is 4. The number of amides is 4. The molecule has 1 saturated heterocycles. The van der Waals surface area contributed by atoms with Crippen LogP contribution in [0.15, 0.2) is 0 Å². The van der Waals surface area contributed by atoms with Gasteiger partial charge in [-0.25, -0.2) is 4.79 Å². The normalized spacial score (nSPS) is 26.7. The van der Waals surface area contributed by atoms with Crippen LogP contribution in [0.4, 0.5) is 4.79 Å². The van der Waals surface area contributed by atoms with Gasteiger partial charge in [0, 0.05) is 29.4 Å². The molecule has 0 aromatic rings. The molecule has 1 aliphatic heterocycles. The van der Waals surface area contributed by atoms with E-state index in [9.17, 15) is 18.6 Å². The van der Waals surface area contributed by atoms with Crippen LogP contribution in [0, 0.1) is 11.8 Å². The first-order valence-electron chi connectivity index (χ1n) is 6.47. The fourth-order valence-electron chi connectivity index (χ4n) is 2.77. The average Bonchev–Trinajstić information content (AvgIpc) is 2.81. The second-order valence-corrected chi connectivity index (χ2v) is 6.64. The molecule has 2 fully saturated rings. The molecule has 1 aliphatic carbocycles. The first kappa shape index (κ1) is 14.2. The van der Waals surface area contributed by atoms with Gasteiger partial charge < -0.3 is 0 Å². The fourth-order valence-corrected chi connectivity index (χ4v) is 3.21. The van der Waals surface area contributed by atoms with Crippen LogP contribution in [-0.2, 0) is 20.4 Å². The Morgan fingerprint density at radius 2 is 1.89 bits per heavy atom. The van der Waals surface area contributed by atoms with Crippen LogP contribution in [0.3, 0.4) is 0 Å². The van der Waals surface area contributed by atoms with Gasteiger partial charge >= 0.3 is 6.03 Å². The van der Waals surface area contributed by atoms with E-state index in [2.05, 4.69) is 5.32 Å². The van der Waals surface area contributed by atoms with E-state index in [0.29, 0.717) is 0 Å². The molecule has 1 heterocycles. The van der Waals surface area contributed by atoms with Gasteiger partial charge in [-0.3, -0.25) is 24.0 Å². The highest BCUT2D eigenvalue weighted by molar-refractivity contribution is 7.84. The van der Waals surface area contributed by atoms with Crippen LogP contribution in [0.5, 0.6) is 0 Å². The van der Waals surface area contributed by atoms with Gasteiger partial charge in [-0.15, -0.1) is 0 Å². The molecule has 0 aromatic heterocycles. The zero-order valence-corrected chi connectivity index (χ0v) is 11.7. The quantitative estimate of drug-likeness (QED) is 0.751. The Balaban J connectivity index is 2.11. The molecule has 0 aromatic carbocycles. The largest absolute Gasteiger partial charge is 0.330 e. The maximum atomic E-state index is 12.3. The average molecular weight is 286 g/mol. The van der Waals surface area contributed by atoms with Crippen molar-refractivity contribution in [3.63, 3.8) is 0 Å². The van der Waals surface area contributed by atoms with Crippen molar-refractivity contribution < 1.29 is 18.6 Å². The number of barbiturate groups is 1. The molecule has 2 unspecified atom stereocenters. The fraction of sp³-hybridized carbons (Fsp3) is 0.750.